The summed E-state index contributed by atoms with van der Waals surface area (Å²) in [5.41, 5.74) is 5.93. The fourth-order valence-electron chi connectivity index (χ4n) is 2.16. The predicted molar refractivity (Wildman–Crippen MR) is 81.0 cm³/mol. The summed E-state index contributed by atoms with van der Waals surface area (Å²) in [7, 11) is 0. The van der Waals surface area contributed by atoms with E-state index in [1.54, 1.807) is 6.20 Å². The van der Waals surface area contributed by atoms with Crippen LogP contribution in [0.5, 0.6) is 0 Å². The van der Waals surface area contributed by atoms with Gasteiger partial charge in [0.1, 0.15) is 0 Å². The summed E-state index contributed by atoms with van der Waals surface area (Å²) in [6.45, 7) is 4.81. The third kappa shape index (κ3) is 2.69. The maximum Gasteiger partial charge on any atom is 0.0896 e. The Bertz CT molecular complexity index is 582. The minimum atomic E-state index is -0.188. The van der Waals surface area contributed by atoms with Crippen molar-refractivity contribution < 1.29 is 0 Å². The van der Waals surface area contributed by atoms with Gasteiger partial charge in [-0.2, -0.15) is 5.10 Å². The molecule has 0 spiro atoms. The van der Waals surface area contributed by atoms with Gasteiger partial charge in [-0.15, -0.1) is 0 Å². The highest BCUT2D eigenvalue weighted by molar-refractivity contribution is 9.10. The van der Waals surface area contributed by atoms with Crippen molar-refractivity contribution in [3.05, 3.63) is 50.7 Å². The number of hydrogen-bond acceptors (Lipinski definition) is 3. The Kier molecular flexibility index (Phi) is 4.62. The summed E-state index contributed by atoms with van der Waals surface area (Å²) in [6, 6.07) is 5.84. The second kappa shape index (κ2) is 6.05. The van der Waals surface area contributed by atoms with Gasteiger partial charge in [0.05, 0.1) is 23.0 Å². The molecule has 4 nitrogen and oxygen atoms in total. The van der Waals surface area contributed by atoms with Crippen LogP contribution in [-0.4, -0.2) is 9.78 Å². The van der Waals surface area contributed by atoms with Crippen LogP contribution < -0.4 is 11.3 Å². The standard InChI is InChI=1S/C13H16BrClN4/c1-3-19-13(11(15)7-17-19)12(18-16)9-5-4-6-10(14)8(9)2/h4-7,12,18H,3,16H2,1-2H3. The van der Waals surface area contributed by atoms with Crippen molar-refractivity contribution in [2.75, 3.05) is 0 Å². The van der Waals surface area contributed by atoms with Crippen molar-refractivity contribution in [2.45, 2.75) is 26.4 Å². The second-order valence-electron chi connectivity index (χ2n) is 4.25. The maximum atomic E-state index is 6.25. The number of rotatable bonds is 4. The lowest BCUT2D eigenvalue weighted by molar-refractivity contribution is 0.542. The number of halogens is 2. The second-order valence-corrected chi connectivity index (χ2v) is 5.51. The van der Waals surface area contributed by atoms with Gasteiger partial charge in [-0.05, 0) is 31.0 Å². The molecule has 1 heterocycles. The van der Waals surface area contributed by atoms with E-state index in [-0.39, 0.29) is 6.04 Å². The van der Waals surface area contributed by atoms with Gasteiger partial charge in [-0.25, -0.2) is 5.43 Å². The molecule has 0 aliphatic carbocycles. The number of hydrazine groups is 1. The van der Waals surface area contributed by atoms with Crippen molar-refractivity contribution in [1.82, 2.24) is 15.2 Å². The van der Waals surface area contributed by atoms with Crippen LogP contribution in [0, 0.1) is 6.92 Å². The number of hydrogen-bond donors (Lipinski definition) is 2. The van der Waals surface area contributed by atoms with Gasteiger partial charge in [0.2, 0.25) is 0 Å². The molecule has 0 aliphatic rings. The van der Waals surface area contributed by atoms with Crippen molar-refractivity contribution >= 4 is 27.5 Å². The predicted octanol–water partition coefficient (Wildman–Crippen LogP) is 3.18. The summed E-state index contributed by atoms with van der Waals surface area (Å²) < 4.78 is 2.90. The number of aromatic nitrogens is 2. The first-order chi connectivity index (χ1) is 9.10. The number of aryl methyl sites for hydroxylation is 1. The summed E-state index contributed by atoms with van der Waals surface area (Å²) in [6.07, 6.45) is 1.65. The van der Waals surface area contributed by atoms with E-state index in [1.807, 2.05) is 36.7 Å². The lowest BCUT2D eigenvalue weighted by atomic mass is 9.99. The average Bonchev–Trinajstić information content (AvgIpc) is 2.77. The van der Waals surface area contributed by atoms with Gasteiger partial charge in [-0.3, -0.25) is 10.5 Å². The van der Waals surface area contributed by atoms with E-state index in [0.29, 0.717) is 5.02 Å². The fourth-order valence-corrected chi connectivity index (χ4v) is 2.80. The van der Waals surface area contributed by atoms with E-state index in [0.717, 1.165) is 27.8 Å². The molecule has 1 atom stereocenters. The molecule has 2 rings (SSSR count). The molecule has 102 valence electrons. The van der Waals surface area contributed by atoms with Crippen LogP contribution in [0.1, 0.15) is 29.8 Å². The Hall–Kier alpha value is -0.880. The number of nitrogens with two attached hydrogens (primary N) is 1. The van der Waals surface area contributed by atoms with E-state index in [9.17, 15) is 0 Å². The molecular weight excluding hydrogens is 328 g/mol. The summed E-state index contributed by atoms with van der Waals surface area (Å²) in [5.74, 6) is 5.74. The smallest absolute Gasteiger partial charge is 0.0896 e. The van der Waals surface area contributed by atoms with Gasteiger partial charge in [0, 0.05) is 11.0 Å². The Balaban J connectivity index is 2.56. The van der Waals surface area contributed by atoms with Crippen LogP contribution in [0.3, 0.4) is 0 Å². The molecule has 19 heavy (non-hydrogen) atoms. The van der Waals surface area contributed by atoms with Crippen LogP contribution in [-0.2, 0) is 6.54 Å². The number of benzene rings is 1. The molecule has 0 aliphatic heterocycles. The highest BCUT2D eigenvalue weighted by Gasteiger charge is 2.22. The lowest BCUT2D eigenvalue weighted by Crippen LogP contribution is -2.31. The lowest BCUT2D eigenvalue weighted by Gasteiger charge is -2.20. The van der Waals surface area contributed by atoms with E-state index >= 15 is 0 Å². The van der Waals surface area contributed by atoms with Gasteiger partial charge in [0.15, 0.2) is 0 Å². The van der Waals surface area contributed by atoms with E-state index in [1.165, 1.54) is 0 Å². The van der Waals surface area contributed by atoms with Gasteiger partial charge >= 0.3 is 0 Å². The average molecular weight is 344 g/mol. The molecule has 1 aromatic carbocycles. The summed E-state index contributed by atoms with van der Waals surface area (Å²) >= 11 is 9.79. The normalized spacial score (nSPS) is 12.7. The molecule has 0 bridgehead atoms. The third-order valence-corrected chi connectivity index (χ3v) is 4.34. The Labute approximate surface area is 126 Å². The highest BCUT2D eigenvalue weighted by atomic mass is 79.9. The zero-order valence-corrected chi connectivity index (χ0v) is 13.2. The third-order valence-electron chi connectivity index (χ3n) is 3.19. The molecule has 1 aromatic heterocycles. The minimum Gasteiger partial charge on any atom is -0.271 e. The Morgan fingerprint density at radius 2 is 2.26 bits per heavy atom. The molecule has 0 saturated carbocycles. The first-order valence-corrected chi connectivity index (χ1v) is 7.19. The van der Waals surface area contributed by atoms with Crippen LogP contribution in [0.25, 0.3) is 0 Å². The molecule has 0 amide bonds. The van der Waals surface area contributed by atoms with Crippen LogP contribution in [0.15, 0.2) is 28.9 Å². The molecule has 2 aromatic rings. The molecule has 0 radical (unpaired) electrons. The highest BCUT2D eigenvalue weighted by Crippen LogP contribution is 2.32. The Morgan fingerprint density at radius 1 is 1.53 bits per heavy atom. The molecule has 0 saturated heterocycles. The quantitative estimate of drug-likeness (QED) is 0.662. The van der Waals surface area contributed by atoms with Gasteiger partial charge < -0.3 is 0 Å². The van der Waals surface area contributed by atoms with Crippen LogP contribution >= 0.6 is 27.5 Å². The topological polar surface area (TPSA) is 55.9 Å². The van der Waals surface area contributed by atoms with Crippen molar-refractivity contribution in [3.8, 4) is 0 Å². The van der Waals surface area contributed by atoms with Crippen LogP contribution in [0.4, 0.5) is 0 Å². The molecule has 6 heteroatoms. The van der Waals surface area contributed by atoms with Gasteiger partial charge in [-0.1, -0.05) is 39.7 Å². The molecular formula is C13H16BrClN4. The van der Waals surface area contributed by atoms with E-state index in [4.69, 9.17) is 17.4 Å². The van der Waals surface area contributed by atoms with Crippen molar-refractivity contribution in [1.29, 1.82) is 0 Å². The Morgan fingerprint density at radius 3 is 2.89 bits per heavy atom. The van der Waals surface area contributed by atoms with E-state index < -0.39 is 0 Å². The first kappa shape index (κ1) is 14.5. The summed E-state index contributed by atoms with van der Waals surface area (Å²) in [5, 5.41) is 4.87. The number of nitrogens with one attached hydrogen (secondary N) is 1. The number of nitrogens with zero attached hydrogens (tertiary/aromatic N) is 2. The van der Waals surface area contributed by atoms with Crippen LogP contribution in [0.2, 0.25) is 5.02 Å². The first-order valence-electron chi connectivity index (χ1n) is 6.02. The SMILES string of the molecule is CCn1ncc(Cl)c1C(NN)c1cccc(Br)c1C. The zero-order valence-electron chi connectivity index (χ0n) is 10.8. The maximum absolute atomic E-state index is 6.25. The summed E-state index contributed by atoms with van der Waals surface area (Å²) in [4.78, 5) is 0. The monoisotopic (exact) mass is 342 g/mol. The van der Waals surface area contributed by atoms with Crippen molar-refractivity contribution in [2.24, 2.45) is 5.84 Å². The van der Waals surface area contributed by atoms with Crippen molar-refractivity contribution in [3.63, 3.8) is 0 Å². The minimum absolute atomic E-state index is 0.188. The zero-order chi connectivity index (χ0) is 14.0. The van der Waals surface area contributed by atoms with E-state index in [2.05, 4.69) is 26.5 Å². The molecule has 1 unspecified atom stereocenters. The molecule has 3 N–H and O–H groups in total. The van der Waals surface area contributed by atoms with Gasteiger partial charge in [0.25, 0.3) is 0 Å². The molecule has 0 fully saturated rings. The fraction of sp³-hybridized carbons (Fsp3) is 0.308. The largest absolute Gasteiger partial charge is 0.271 e.